The molecule has 2 aliphatic carbocycles. The zero-order valence-electron chi connectivity index (χ0n) is 12.0. The summed E-state index contributed by atoms with van der Waals surface area (Å²) in [5, 5.41) is 3.58. The molecule has 2 aliphatic rings. The van der Waals surface area contributed by atoms with E-state index in [4.69, 9.17) is 0 Å². The van der Waals surface area contributed by atoms with Crippen molar-refractivity contribution < 1.29 is 0 Å². The van der Waals surface area contributed by atoms with Crippen LogP contribution in [0.2, 0.25) is 0 Å². The summed E-state index contributed by atoms with van der Waals surface area (Å²) in [7, 11) is 0. The van der Waals surface area contributed by atoms with Crippen molar-refractivity contribution in [2.24, 2.45) is 11.8 Å². The van der Waals surface area contributed by atoms with E-state index in [2.05, 4.69) is 5.32 Å². The lowest BCUT2D eigenvalue weighted by atomic mass is 10.1. The number of hydrogen-bond donors (Lipinski definition) is 1. The summed E-state index contributed by atoms with van der Waals surface area (Å²) in [6.07, 6.45) is 6.92. The molecule has 20 heavy (non-hydrogen) atoms. The van der Waals surface area contributed by atoms with Gasteiger partial charge in [-0.1, -0.05) is 0 Å². The van der Waals surface area contributed by atoms with E-state index in [1.165, 1.54) is 36.3 Å². The molecular weight excluding hydrogens is 254 g/mol. The van der Waals surface area contributed by atoms with Crippen molar-refractivity contribution in [2.75, 3.05) is 6.54 Å². The second-order valence-electron chi connectivity index (χ2n) is 6.03. The van der Waals surface area contributed by atoms with Crippen LogP contribution in [-0.2, 0) is 13.1 Å². The highest BCUT2D eigenvalue weighted by Gasteiger charge is 2.40. The van der Waals surface area contributed by atoms with E-state index in [0.717, 1.165) is 11.8 Å². The van der Waals surface area contributed by atoms with Gasteiger partial charge in [0.15, 0.2) is 0 Å². The van der Waals surface area contributed by atoms with Crippen molar-refractivity contribution in [3.05, 3.63) is 33.1 Å². The first-order valence-corrected chi connectivity index (χ1v) is 7.74. The minimum absolute atomic E-state index is 0.198. The van der Waals surface area contributed by atoms with Gasteiger partial charge in [-0.2, -0.15) is 0 Å². The average molecular weight is 277 g/mol. The lowest BCUT2D eigenvalue weighted by Gasteiger charge is -2.18. The van der Waals surface area contributed by atoms with Gasteiger partial charge in [0.2, 0.25) is 0 Å². The van der Waals surface area contributed by atoms with Crippen LogP contribution in [0.15, 0.2) is 21.9 Å². The molecule has 0 bridgehead atoms. The van der Waals surface area contributed by atoms with Gasteiger partial charge < -0.3 is 9.88 Å². The average Bonchev–Trinajstić information content (AvgIpc) is 3.30. The van der Waals surface area contributed by atoms with E-state index >= 15 is 0 Å². The third-order valence-corrected chi connectivity index (χ3v) is 4.46. The molecule has 0 spiro atoms. The van der Waals surface area contributed by atoms with Gasteiger partial charge in [-0.05, 0) is 44.4 Å². The Kier molecular flexibility index (Phi) is 3.78. The van der Waals surface area contributed by atoms with Gasteiger partial charge in [0.25, 0.3) is 5.56 Å². The van der Waals surface area contributed by atoms with E-state index in [1.54, 1.807) is 10.8 Å². The summed E-state index contributed by atoms with van der Waals surface area (Å²) in [5.41, 5.74) is -0.396. The molecule has 1 N–H and O–H groups in total. The molecule has 2 fully saturated rings. The molecule has 0 aromatic carbocycles. The normalized spacial score (nSPS) is 18.7. The third-order valence-electron chi connectivity index (χ3n) is 4.46. The molecule has 0 saturated heterocycles. The summed E-state index contributed by atoms with van der Waals surface area (Å²) < 4.78 is 2.91. The number of hydrogen-bond acceptors (Lipinski definition) is 3. The maximum Gasteiger partial charge on any atom is 0.330 e. The zero-order chi connectivity index (χ0) is 14.1. The van der Waals surface area contributed by atoms with E-state index < -0.39 is 0 Å². The Morgan fingerprint density at radius 2 is 1.90 bits per heavy atom. The SMILES string of the molecule is CCn1ccc(=O)n(CCNC(C2CC2)C2CC2)c1=O. The maximum absolute atomic E-state index is 12.1. The smallest absolute Gasteiger partial charge is 0.312 e. The molecule has 0 unspecified atom stereocenters. The summed E-state index contributed by atoms with van der Waals surface area (Å²) >= 11 is 0. The molecule has 1 heterocycles. The van der Waals surface area contributed by atoms with Crippen molar-refractivity contribution in [1.29, 1.82) is 0 Å². The first-order valence-electron chi connectivity index (χ1n) is 7.74. The van der Waals surface area contributed by atoms with Crippen molar-refractivity contribution >= 4 is 0 Å². The molecule has 110 valence electrons. The Labute approximate surface area is 118 Å². The molecule has 2 saturated carbocycles. The lowest BCUT2D eigenvalue weighted by Crippen LogP contribution is -2.43. The Hall–Kier alpha value is -1.36. The molecule has 0 atom stereocenters. The van der Waals surface area contributed by atoms with Crippen LogP contribution in [0.5, 0.6) is 0 Å². The van der Waals surface area contributed by atoms with Crippen LogP contribution in [0.1, 0.15) is 32.6 Å². The summed E-state index contributed by atoms with van der Waals surface area (Å²) in [6.45, 7) is 3.68. The number of aryl methyl sites for hydroxylation is 1. The van der Waals surface area contributed by atoms with Gasteiger partial charge in [0.1, 0.15) is 0 Å². The molecule has 0 aliphatic heterocycles. The summed E-state index contributed by atoms with van der Waals surface area (Å²) in [5.74, 6) is 1.67. The van der Waals surface area contributed by atoms with Crippen LogP contribution in [0.25, 0.3) is 0 Å². The molecule has 1 aromatic heterocycles. The first kappa shape index (κ1) is 13.6. The third kappa shape index (κ3) is 2.87. The summed E-state index contributed by atoms with van der Waals surface area (Å²) in [4.78, 5) is 23.9. The topological polar surface area (TPSA) is 56.0 Å². The molecule has 0 radical (unpaired) electrons. The quantitative estimate of drug-likeness (QED) is 0.802. The van der Waals surface area contributed by atoms with Crippen LogP contribution in [0, 0.1) is 11.8 Å². The van der Waals surface area contributed by atoms with E-state index in [1.807, 2.05) is 6.92 Å². The number of aromatic nitrogens is 2. The van der Waals surface area contributed by atoms with Crippen LogP contribution >= 0.6 is 0 Å². The highest BCUT2D eigenvalue weighted by Crippen LogP contribution is 2.44. The van der Waals surface area contributed by atoms with Gasteiger partial charge >= 0.3 is 5.69 Å². The predicted molar refractivity (Wildman–Crippen MR) is 77.9 cm³/mol. The largest absolute Gasteiger partial charge is 0.330 e. The van der Waals surface area contributed by atoms with Crippen molar-refractivity contribution in [2.45, 2.75) is 51.7 Å². The Morgan fingerprint density at radius 3 is 2.45 bits per heavy atom. The molecule has 1 aromatic rings. The van der Waals surface area contributed by atoms with Crippen molar-refractivity contribution in [1.82, 2.24) is 14.5 Å². The zero-order valence-corrected chi connectivity index (χ0v) is 12.0. The Morgan fingerprint density at radius 1 is 1.25 bits per heavy atom. The van der Waals surface area contributed by atoms with E-state index in [9.17, 15) is 9.59 Å². The van der Waals surface area contributed by atoms with Crippen molar-refractivity contribution in [3.63, 3.8) is 0 Å². The van der Waals surface area contributed by atoms with Gasteiger partial charge in [0, 0.05) is 37.9 Å². The van der Waals surface area contributed by atoms with Crippen LogP contribution in [-0.4, -0.2) is 21.7 Å². The number of nitrogens with one attached hydrogen (secondary N) is 1. The van der Waals surface area contributed by atoms with Gasteiger partial charge in [-0.15, -0.1) is 0 Å². The first-order chi connectivity index (χ1) is 9.70. The van der Waals surface area contributed by atoms with E-state index in [0.29, 0.717) is 25.7 Å². The predicted octanol–water partition coefficient (Wildman–Crippen LogP) is 0.808. The van der Waals surface area contributed by atoms with E-state index in [-0.39, 0.29) is 11.2 Å². The molecule has 5 nitrogen and oxygen atoms in total. The minimum Gasteiger partial charge on any atom is -0.312 e. The Bertz CT molecular complexity index is 570. The fourth-order valence-corrected chi connectivity index (χ4v) is 2.98. The van der Waals surface area contributed by atoms with Crippen LogP contribution < -0.4 is 16.6 Å². The molecular formula is C15H23N3O2. The van der Waals surface area contributed by atoms with Crippen LogP contribution in [0.4, 0.5) is 0 Å². The molecule has 5 heteroatoms. The minimum atomic E-state index is -0.198. The van der Waals surface area contributed by atoms with Gasteiger partial charge in [-0.25, -0.2) is 4.79 Å². The summed E-state index contributed by atoms with van der Waals surface area (Å²) in [6, 6.07) is 2.09. The molecule has 0 amide bonds. The fourth-order valence-electron chi connectivity index (χ4n) is 2.98. The monoisotopic (exact) mass is 277 g/mol. The maximum atomic E-state index is 12.1. The lowest BCUT2D eigenvalue weighted by molar-refractivity contribution is 0.400. The number of nitrogens with zero attached hydrogens (tertiary/aromatic N) is 2. The number of rotatable bonds is 7. The highest BCUT2D eigenvalue weighted by molar-refractivity contribution is 4.96. The second kappa shape index (κ2) is 5.56. The van der Waals surface area contributed by atoms with Gasteiger partial charge in [-0.3, -0.25) is 9.36 Å². The van der Waals surface area contributed by atoms with Crippen LogP contribution in [0.3, 0.4) is 0 Å². The van der Waals surface area contributed by atoms with Crippen molar-refractivity contribution in [3.8, 4) is 0 Å². The Balaban J connectivity index is 1.63. The standard InChI is InChI=1S/C15H23N3O2/c1-2-17-9-7-13(19)18(15(17)20)10-8-16-14(11-3-4-11)12-5-6-12/h7,9,11-12,14,16H,2-6,8,10H2,1H3. The highest BCUT2D eigenvalue weighted by atomic mass is 16.2. The molecule has 3 rings (SSSR count). The fraction of sp³-hybridized carbons (Fsp3) is 0.733. The van der Waals surface area contributed by atoms with Gasteiger partial charge in [0.05, 0.1) is 0 Å². The second-order valence-corrected chi connectivity index (χ2v) is 6.03.